The predicted molar refractivity (Wildman–Crippen MR) is 113 cm³/mol. The number of benzene rings is 1. The Morgan fingerprint density at radius 2 is 2.00 bits per heavy atom. The summed E-state index contributed by atoms with van der Waals surface area (Å²) in [5, 5.41) is 3.00. The Bertz CT molecular complexity index is 801. The van der Waals surface area contributed by atoms with Crippen LogP contribution in [0, 0.1) is 0 Å². The van der Waals surface area contributed by atoms with Crippen molar-refractivity contribution in [3.8, 4) is 0 Å². The van der Waals surface area contributed by atoms with Gasteiger partial charge in [-0.25, -0.2) is 9.97 Å². The van der Waals surface area contributed by atoms with Gasteiger partial charge in [-0.2, -0.15) is 0 Å². The Balaban J connectivity index is 1.64. The number of aromatic nitrogens is 2. The minimum absolute atomic E-state index is 0.136. The molecule has 0 unspecified atom stereocenters. The molecule has 1 amide bonds. The number of hydrogen-bond acceptors (Lipinski definition) is 4. The summed E-state index contributed by atoms with van der Waals surface area (Å²) >= 11 is 0. The van der Waals surface area contributed by atoms with E-state index in [9.17, 15) is 4.79 Å². The Labute approximate surface area is 167 Å². The number of allylic oxidation sites excluding steroid dienone is 1. The van der Waals surface area contributed by atoms with Gasteiger partial charge >= 0.3 is 0 Å². The average molecular weight is 379 g/mol. The van der Waals surface area contributed by atoms with Crippen LogP contribution in [0.15, 0.2) is 54.2 Å². The highest BCUT2D eigenvalue weighted by Crippen LogP contribution is 2.19. The molecule has 2 aromatic rings. The lowest BCUT2D eigenvalue weighted by atomic mass is 9.97. The van der Waals surface area contributed by atoms with Crippen LogP contribution in [0.5, 0.6) is 0 Å². The number of carbonyl (C=O) groups excluding carboxylic acids is 1. The predicted octanol–water partition coefficient (Wildman–Crippen LogP) is 4.51. The summed E-state index contributed by atoms with van der Waals surface area (Å²) in [5.41, 5.74) is 3.07. The second-order valence-electron chi connectivity index (χ2n) is 7.56. The fraction of sp³-hybridized carbons (Fsp3) is 0.435. The normalized spacial score (nSPS) is 13.9. The molecule has 0 saturated carbocycles. The van der Waals surface area contributed by atoms with Crippen molar-refractivity contribution in [2.24, 2.45) is 0 Å². The molecule has 1 aliphatic carbocycles. The van der Waals surface area contributed by atoms with Crippen molar-refractivity contribution in [3.05, 3.63) is 65.5 Å². The molecule has 28 heavy (non-hydrogen) atoms. The van der Waals surface area contributed by atoms with E-state index < -0.39 is 0 Å². The Kier molecular flexibility index (Phi) is 7.18. The maximum absolute atomic E-state index is 12.5. The molecule has 5 heteroatoms. The highest BCUT2D eigenvalue weighted by Gasteiger charge is 2.16. The van der Waals surface area contributed by atoms with Gasteiger partial charge in [0.15, 0.2) is 0 Å². The van der Waals surface area contributed by atoms with E-state index in [4.69, 9.17) is 0 Å². The molecule has 0 bridgehead atoms. The Morgan fingerprint density at radius 3 is 2.71 bits per heavy atom. The first-order valence-corrected chi connectivity index (χ1v) is 10.2. The summed E-state index contributed by atoms with van der Waals surface area (Å²) in [6.07, 6.45) is 9.80. The highest BCUT2D eigenvalue weighted by molar-refractivity contribution is 5.92. The largest absolute Gasteiger partial charge is 0.350 e. The van der Waals surface area contributed by atoms with E-state index >= 15 is 0 Å². The fourth-order valence-electron chi connectivity index (χ4n) is 3.44. The third kappa shape index (κ3) is 5.65. The molecule has 1 N–H and O–H groups in total. The van der Waals surface area contributed by atoms with E-state index in [0.717, 1.165) is 12.8 Å². The third-order valence-corrected chi connectivity index (χ3v) is 5.07. The van der Waals surface area contributed by atoms with Crippen LogP contribution in [0.25, 0.3) is 0 Å². The zero-order valence-electron chi connectivity index (χ0n) is 16.9. The monoisotopic (exact) mass is 378 g/mol. The molecule has 0 aliphatic heterocycles. The third-order valence-electron chi connectivity index (χ3n) is 5.07. The second-order valence-corrected chi connectivity index (χ2v) is 7.56. The average Bonchev–Trinajstić information content (AvgIpc) is 2.73. The number of nitrogens with zero attached hydrogens (tertiary/aromatic N) is 3. The van der Waals surface area contributed by atoms with Crippen LogP contribution in [0.1, 0.15) is 62.0 Å². The Morgan fingerprint density at radius 1 is 1.18 bits per heavy atom. The van der Waals surface area contributed by atoms with Crippen LogP contribution in [0.3, 0.4) is 0 Å². The van der Waals surface area contributed by atoms with Gasteiger partial charge in [0, 0.05) is 25.3 Å². The van der Waals surface area contributed by atoms with E-state index in [2.05, 4.69) is 52.2 Å². The van der Waals surface area contributed by atoms with Crippen molar-refractivity contribution in [3.63, 3.8) is 0 Å². The quantitative estimate of drug-likeness (QED) is 0.687. The van der Waals surface area contributed by atoms with E-state index in [1.54, 1.807) is 12.3 Å². The van der Waals surface area contributed by atoms with Crippen LogP contribution in [0.4, 0.5) is 5.95 Å². The van der Waals surface area contributed by atoms with Gasteiger partial charge in [0.25, 0.3) is 5.91 Å². The van der Waals surface area contributed by atoms with Gasteiger partial charge in [0.2, 0.25) is 5.95 Å². The number of hydrogen-bond donors (Lipinski definition) is 1. The number of anilines is 1. The molecule has 1 heterocycles. The molecule has 148 valence electrons. The van der Waals surface area contributed by atoms with Gasteiger partial charge in [0.1, 0.15) is 5.69 Å². The molecule has 1 aromatic heterocycles. The maximum Gasteiger partial charge on any atom is 0.270 e. The molecular formula is C23H30N4O. The zero-order chi connectivity index (χ0) is 19.8. The Hall–Kier alpha value is -2.69. The SMILES string of the molecule is CC(C)N(Cc1ccccc1)c1nccc(C(=O)NCCC2=CCCCC2)n1. The van der Waals surface area contributed by atoms with Gasteiger partial charge in [0.05, 0.1) is 0 Å². The lowest BCUT2D eigenvalue weighted by Crippen LogP contribution is -2.33. The van der Waals surface area contributed by atoms with Crippen LogP contribution < -0.4 is 10.2 Å². The standard InChI is InChI=1S/C23H30N4O/c1-18(2)27(17-20-11-7-4-8-12-20)23-25-16-14-21(26-23)22(28)24-15-13-19-9-5-3-6-10-19/h4,7-9,11-12,14,16,18H,3,5-6,10,13,15,17H2,1-2H3,(H,24,28). The second kappa shape index (κ2) is 10.0. The fourth-order valence-corrected chi connectivity index (χ4v) is 3.44. The molecular weight excluding hydrogens is 348 g/mol. The number of carbonyl (C=O) groups is 1. The maximum atomic E-state index is 12.5. The van der Waals surface area contributed by atoms with Crippen molar-refractivity contribution in [2.75, 3.05) is 11.4 Å². The van der Waals surface area contributed by atoms with Crippen molar-refractivity contribution in [1.29, 1.82) is 0 Å². The lowest BCUT2D eigenvalue weighted by molar-refractivity contribution is 0.0949. The number of nitrogens with one attached hydrogen (secondary N) is 1. The molecule has 0 saturated heterocycles. The van der Waals surface area contributed by atoms with Crippen LogP contribution in [0.2, 0.25) is 0 Å². The number of amides is 1. The lowest BCUT2D eigenvalue weighted by Gasteiger charge is -2.27. The van der Waals surface area contributed by atoms with Crippen molar-refractivity contribution in [2.45, 2.75) is 58.5 Å². The topological polar surface area (TPSA) is 58.1 Å². The molecule has 5 nitrogen and oxygen atoms in total. The molecule has 0 radical (unpaired) electrons. The highest BCUT2D eigenvalue weighted by atomic mass is 16.1. The van der Waals surface area contributed by atoms with Crippen LogP contribution >= 0.6 is 0 Å². The number of rotatable bonds is 8. The molecule has 1 aromatic carbocycles. The minimum atomic E-state index is -0.136. The molecule has 0 fully saturated rings. The first kappa shape index (κ1) is 20.1. The summed E-state index contributed by atoms with van der Waals surface area (Å²) in [5.74, 6) is 0.449. The van der Waals surface area contributed by atoms with Gasteiger partial charge in [-0.05, 0) is 57.6 Å². The van der Waals surface area contributed by atoms with Crippen molar-refractivity contribution in [1.82, 2.24) is 15.3 Å². The van der Waals surface area contributed by atoms with E-state index in [1.807, 2.05) is 18.2 Å². The van der Waals surface area contributed by atoms with Crippen LogP contribution in [-0.2, 0) is 6.54 Å². The first-order valence-electron chi connectivity index (χ1n) is 10.2. The molecule has 3 rings (SSSR count). The van der Waals surface area contributed by atoms with Gasteiger partial charge in [-0.3, -0.25) is 4.79 Å². The summed E-state index contributed by atoms with van der Waals surface area (Å²) < 4.78 is 0. The molecule has 1 aliphatic rings. The summed E-state index contributed by atoms with van der Waals surface area (Å²) in [4.78, 5) is 23.6. The smallest absolute Gasteiger partial charge is 0.270 e. The van der Waals surface area contributed by atoms with Gasteiger partial charge < -0.3 is 10.2 Å². The van der Waals surface area contributed by atoms with E-state index in [-0.39, 0.29) is 11.9 Å². The first-order chi connectivity index (χ1) is 13.6. The van der Waals surface area contributed by atoms with Gasteiger partial charge in [-0.1, -0.05) is 42.0 Å². The van der Waals surface area contributed by atoms with E-state index in [1.165, 1.54) is 30.4 Å². The van der Waals surface area contributed by atoms with Crippen LogP contribution in [-0.4, -0.2) is 28.5 Å². The van der Waals surface area contributed by atoms with Crippen molar-refractivity contribution < 1.29 is 4.79 Å². The molecule has 0 atom stereocenters. The molecule has 0 spiro atoms. The van der Waals surface area contributed by atoms with E-state index in [0.29, 0.717) is 24.7 Å². The zero-order valence-corrected chi connectivity index (χ0v) is 16.9. The van der Waals surface area contributed by atoms with Crippen molar-refractivity contribution >= 4 is 11.9 Å². The van der Waals surface area contributed by atoms with Gasteiger partial charge in [-0.15, -0.1) is 0 Å². The summed E-state index contributed by atoms with van der Waals surface area (Å²) in [6.45, 7) is 5.58. The summed E-state index contributed by atoms with van der Waals surface area (Å²) in [7, 11) is 0. The summed E-state index contributed by atoms with van der Waals surface area (Å²) in [6, 6.07) is 12.1. The minimum Gasteiger partial charge on any atom is -0.350 e.